The molecule has 0 aliphatic rings. The minimum atomic E-state index is 0.432. The van der Waals surface area contributed by atoms with Crippen LogP contribution in [0, 0.1) is 11.7 Å². The normalized spacial score (nSPS) is 10.7. The third-order valence-electron chi connectivity index (χ3n) is 2.98. The van der Waals surface area contributed by atoms with Crippen molar-refractivity contribution in [3.05, 3.63) is 51.9 Å². The van der Waals surface area contributed by atoms with E-state index in [4.69, 9.17) is 23.8 Å². The van der Waals surface area contributed by atoms with Gasteiger partial charge in [0.1, 0.15) is 0 Å². The van der Waals surface area contributed by atoms with Crippen LogP contribution in [-0.4, -0.2) is 20.2 Å². The lowest BCUT2D eigenvalue weighted by Crippen LogP contribution is -1.92. The maximum absolute atomic E-state index is 5.89. The van der Waals surface area contributed by atoms with Gasteiger partial charge in [0, 0.05) is 21.8 Å². The van der Waals surface area contributed by atoms with Gasteiger partial charge in [-0.3, -0.25) is 15.2 Å². The molecule has 100 valence electrons. The highest BCUT2D eigenvalue weighted by Gasteiger charge is 2.08. The lowest BCUT2D eigenvalue weighted by atomic mass is 10.1. The number of aryl methyl sites for hydroxylation is 1. The van der Waals surface area contributed by atoms with Crippen molar-refractivity contribution < 1.29 is 0 Å². The molecule has 0 fully saturated rings. The minimum absolute atomic E-state index is 0.432. The van der Waals surface area contributed by atoms with Crippen LogP contribution in [-0.2, 0) is 0 Å². The van der Waals surface area contributed by atoms with Gasteiger partial charge in [0.05, 0.1) is 5.69 Å². The van der Waals surface area contributed by atoms with Crippen LogP contribution < -0.4 is 0 Å². The van der Waals surface area contributed by atoms with Gasteiger partial charge in [-0.1, -0.05) is 23.7 Å². The predicted octanol–water partition coefficient (Wildman–Crippen LogP) is 4.16. The van der Waals surface area contributed by atoms with Gasteiger partial charge in [0.15, 0.2) is 5.82 Å². The van der Waals surface area contributed by atoms with E-state index in [-0.39, 0.29) is 0 Å². The Morgan fingerprint density at radius 2 is 1.75 bits per heavy atom. The quantitative estimate of drug-likeness (QED) is 0.699. The van der Waals surface area contributed by atoms with Crippen LogP contribution in [0.15, 0.2) is 36.4 Å². The van der Waals surface area contributed by atoms with E-state index in [1.807, 2.05) is 43.3 Å². The van der Waals surface area contributed by atoms with E-state index in [0.29, 0.717) is 15.6 Å². The summed E-state index contributed by atoms with van der Waals surface area (Å²) in [6, 6.07) is 11.5. The van der Waals surface area contributed by atoms with Gasteiger partial charge in [-0.05, 0) is 43.4 Å². The smallest absolute Gasteiger partial charge is 0.213 e. The van der Waals surface area contributed by atoms with Crippen molar-refractivity contribution in [3.63, 3.8) is 0 Å². The maximum atomic E-state index is 5.89. The fourth-order valence-corrected chi connectivity index (χ4v) is 2.26. The zero-order chi connectivity index (χ0) is 14.1. The van der Waals surface area contributed by atoms with E-state index in [1.165, 1.54) is 0 Å². The first-order chi connectivity index (χ1) is 9.63. The first kappa shape index (κ1) is 13.0. The number of benzene rings is 1. The van der Waals surface area contributed by atoms with E-state index < -0.39 is 0 Å². The molecule has 3 rings (SSSR count). The predicted molar refractivity (Wildman–Crippen MR) is 82.2 cm³/mol. The summed E-state index contributed by atoms with van der Waals surface area (Å²) in [4.78, 5) is 8.81. The molecule has 0 spiro atoms. The summed E-state index contributed by atoms with van der Waals surface area (Å²) in [5.74, 6) is 0.697. The molecule has 2 N–H and O–H groups in total. The standard InChI is InChI=1S/C14H11ClN4S/c1-8-11(13-17-14(20)19-18-13)6-7-12(16-8)9-2-4-10(15)5-3-9/h2-7H,1H3,(H2,17,18,19,20). The Labute approximate surface area is 125 Å². The molecule has 0 amide bonds. The van der Waals surface area contributed by atoms with E-state index in [0.717, 1.165) is 22.5 Å². The third kappa shape index (κ3) is 2.50. The van der Waals surface area contributed by atoms with E-state index in [1.54, 1.807) is 0 Å². The molecule has 0 saturated carbocycles. The van der Waals surface area contributed by atoms with Crippen LogP contribution in [0.2, 0.25) is 5.02 Å². The largest absolute Gasteiger partial charge is 0.282 e. The Morgan fingerprint density at radius 3 is 2.35 bits per heavy atom. The minimum Gasteiger partial charge on any atom is -0.282 e. The Balaban J connectivity index is 2.03. The van der Waals surface area contributed by atoms with Gasteiger partial charge in [-0.2, -0.15) is 4.98 Å². The summed E-state index contributed by atoms with van der Waals surface area (Å²) in [6.45, 7) is 1.94. The van der Waals surface area contributed by atoms with Crippen LogP contribution in [0.5, 0.6) is 0 Å². The number of halogens is 1. The van der Waals surface area contributed by atoms with Gasteiger partial charge in [-0.15, -0.1) is 0 Å². The molecular weight excluding hydrogens is 292 g/mol. The summed E-state index contributed by atoms with van der Waals surface area (Å²) in [7, 11) is 0. The third-order valence-corrected chi connectivity index (χ3v) is 3.43. The fraction of sp³-hybridized carbons (Fsp3) is 0.0714. The number of pyridine rings is 1. The van der Waals surface area contributed by atoms with Gasteiger partial charge < -0.3 is 0 Å². The summed E-state index contributed by atoms with van der Waals surface area (Å²) >= 11 is 10.9. The van der Waals surface area contributed by atoms with Crippen molar-refractivity contribution in [2.24, 2.45) is 0 Å². The van der Waals surface area contributed by atoms with E-state index in [2.05, 4.69) is 20.2 Å². The Morgan fingerprint density at radius 1 is 1.00 bits per heavy atom. The summed E-state index contributed by atoms with van der Waals surface area (Å²) < 4.78 is 0.432. The number of hydrogen-bond donors (Lipinski definition) is 2. The highest BCUT2D eigenvalue weighted by molar-refractivity contribution is 7.71. The van der Waals surface area contributed by atoms with Gasteiger partial charge in [-0.25, -0.2) is 0 Å². The van der Waals surface area contributed by atoms with Crippen LogP contribution in [0.4, 0.5) is 0 Å². The number of nitrogens with zero attached hydrogens (tertiary/aromatic N) is 2. The average Bonchev–Trinajstić information content (AvgIpc) is 2.86. The van der Waals surface area contributed by atoms with Gasteiger partial charge in [0.2, 0.25) is 4.77 Å². The maximum Gasteiger partial charge on any atom is 0.213 e. The molecule has 2 heterocycles. The van der Waals surface area contributed by atoms with E-state index >= 15 is 0 Å². The molecule has 3 aromatic rings. The molecule has 0 aliphatic carbocycles. The lowest BCUT2D eigenvalue weighted by Gasteiger charge is -2.06. The topological polar surface area (TPSA) is 57.4 Å². The molecule has 20 heavy (non-hydrogen) atoms. The molecule has 4 nitrogen and oxygen atoms in total. The highest BCUT2D eigenvalue weighted by atomic mass is 35.5. The summed E-state index contributed by atoms with van der Waals surface area (Å²) in [6.07, 6.45) is 0. The van der Waals surface area contributed by atoms with Crippen LogP contribution in [0.25, 0.3) is 22.6 Å². The highest BCUT2D eigenvalue weighted by Crippen LogP contribution is 2.24. The number of aromatic nitrogens is 4. The van der Waals surface area contributed by atoms with Gasteiger partial charge in [0.25, 0.3) is 0 Å². The van der Waals surface area contributed by atoms with Crippen LogP contribution in [0.1, 0.15) is 5.69 Å². The van der Waals surface area contributed by atoms with Crippen molar-refractivity contribution in [3.8, 4) is 22.6 Å². The Kier molecular flexibility index (Phi) is 3.38. The average molecular weight is 303 g/mol. The number of nitrogens with one attached hydrogen (secondary N) is 2. The second-order valence-corrected chi connectivity index (χ2v) is 5.18. The monoisotopic (exact) mass is 302 g/mol. The second-order valence-electron chi connectivity index (χ2n) is 4.35. The Hall–Kier alpha value is -1.98. The molecule has 6 heteroatoms. The van der Waals surface area contributed by atoms with Crippen LogP contribution >= 0.6 is 23.8 Å². The molecule has 0 atom stereocenters. The molecule has 0 saturated heterocycles. The number of H-pyrrole nitrogens is 2. The molecule has 0 radical (unpaired) electrons. The second kappa shape index (κ2) is 5.19. The lowest BCUT2D eigenvalue weighted by molar-refractivity contribution is 1.08. The van der Waals surface area contributed by atoms with Crippen molar-refractivity contribution >= 4 is 23.8 Å². The number of rotatable bonds is 2. The van der Waals surface area contributed by atoms with Crippen molar-refractivity contribution in [2.75, 3.05) is 0 Å². The molecular formula is C14H11ClN4S. The van der Waals surface area contributed by atoms with Gasteiger partial charge >= 0.3 is 0 Å². The molecule has 0 unspecified atom stereocenters. The zero-order valence-corrected chi connectivity index (χ0v) is 12.2. The van der Waals surface area contributed by atoms with Crippen molar-refractivity contribution in [2.45, 2.75) is 6.92 Å². The molecule has 2 aromatic heterocycles. The molecule has 0 bridgehead atoms. The Bertz CT molecular complexity index is 805. The SMILES string of the molecule is Cc1nc(-c2ccc(Cl)cc2)ccc1-c1nc(=S)[nH][nH]1. The number of aromatic amines is 2. The summed E-state index contributed by atoms with van der Waals surface area (Å²) in [5.41, 5.74) is 3.74. The van der Waals surface area contributed by atoms with Crippen molar-refractivity contribution in [1.82, 2.24) is 20.2 Å². The zero-order valence-electron chi connectivity index (χ0n) is 10.6. The fourth-order valence-electron chi connectivity index (χ4n) is 1.99. The van der Waals surface area contributed by atoms with E-state index in [9.17, 15) is 0 Å². The first-order valence-electron chi connectivity index (χ1n) is 6.02. The molecule has 0 aliphatic heterocycles. The van der Waals surface area contributed by atoms with Crippen LogP contribution in [0.3, 0.4) is 0 Å². The molecule has 1 aromatic carbocycles. The van der Waals surface area contributed by atoms with Crippen molar-refractivity contribution in [1.29, 1.82) is 0 Å². The summed E-state index contributed by atoms with van der Waals surface area (Å²) in [5, 5.41) is 6.43. The number of hydrogen-bond acceptors (Lipinski definition) is 3. The first-order valence-corrected chi connectivity index (χ1v) is 6.81.